The largest absolute Gasteiger partial charge is 0.507 e. The van der Waals surface area contributed by atoms with E-state index in [0.717, 1.165) is 5.56 Å². The Balaban J connectivity index is 2.01. The van der Waals surface area contributed by atoms with Gasteiger partial charge in [-0.2, -0.15) is 0 Å². The Morgan fingerprint density at radius 2 is 1.48 bits per heavy atom. The van der Waals surface area contributed by atoms with E-state index in [0.29, 0.717) is 17.2 Å². The molecule has 0 amide bonds. The number of hydrogen-bond acceptors (Lipinski definition) is 5. The Morgan fingerprint density at radius 1 is 0.714 bits per heavy atom. The van der Waals surface area contributed by atoms with Crippen LogP contribution in [0.15, 0.2) is 77.2 Å². The molecule has 2 heterocycles. The lowest BCUT2D eigenvalue weighted by Crippen LogP contribution is -1.82. The maximum Gasteiger partial charge on any atom is 0.182 e. The summed E-state index contributed by atoms with van der Waals surface area (Å²) in [6.07, 6.45) is 3.28. The van der Waals surface area contributed by atoms with Crippen LogP contribution >= 0.6 is 0 Å². The van der Waals surface area contributed by atoms with Crippen LogP contribution in [0.4, 0.5) is 11.6 Å². The normalized spacial score (nSPS) is 10.9. The fraction of sp³-hybridized carbons (Fsp3) is 0. The maximum atomic E-state index is 9.96. The number of aromatic nitrogens is 2. The molecule has 5 nitrogen and oxygen atoms in total. The van der Waals surface area contributed by atoms with Gasteiger partial charge in [0.15, 0.2) is 11.6 Å². The Kier molecular flexibility index (Phi) is 3.64. The Labute approximate surface area is 121 Å². The summed E-state index contributed by atoms with van der Waals surface area (Å²) in [6, 6.07) is 16.1. The van der Waals surface area contributed by atoms with Crippen molar-refractivity contribution >= 4 is 11.6 Å². The van der Waals surface area contributed by atoms with Crippen molar-refractivity contribution in [2.45, 2.75) is 0 Å². The molecule has 0 aliphatic rings. The molecule has 0 unspecified atom stereocenters. The van der Waals surface area contributed by atoms with E-state index in [9.17, 15) is 5.11 Å². The van der Waals surface area contributed by atoms with Crippen LogP contribution in [-0.4, -0.2) is 15.1 Å². The van der Waals surface area contributed by atoms with Crippen LogP contribution in [0.2, 0.25) is 0 Å². The van der Waals surface area contributed by atoms with Crippen molar-refractivity contribution in [3.05, 3.63) is 67.0 Å². The number of phenols is 1. The highest BCUT2D eigenvalue weighted by atomic mass is 16.3. The minimum absolute atomic E-state index is 0.180. The van der Waals surface area contributed by atoms with E-state index >= 15 is 0 Å². The number of phenolic OH excluding ortho intramolecular Hbond substituents is 1. The van der Waals surface area contributed by atoms with Gasteiger partial charge in [0.1, 0.15) is 5.75 Å². The second-order valence-electron chi connectivity index (χ2n) is 4.28. The number of hydrogen-bond donors (Lipinski definition) is 1. The van der Waals surface area contributed by atoms with Crippen molar-refractivity contribution in [1.82, 2.24) is 9.97 Å². The fourth-order valence-corrected chi connectivity index (χ4v) is 1.90. The molecule has 0 saturated heterocycles. The maximum absolute atomic E-state index is 9.96. The third-order valence-corrected chi connectivity index (χ3v) is 2.88. The highest BCUT2D eigenvalue weighted by Crippen LogP contribution is 2.34. The molecule has 0 bridgehead atoms. The van der Waals surface area contributed by atoms with Crippen molar-refractivity contribution in [2.75, 3.05) is 0 Å². The minimum atomic E-state index is 0.180. The van der Waals surface area contributed by atoms with E-state index < -0.39 is 0 Å². The molecule has 0 spiro atoms. The predicted octanol–water partition coefficient (Wildman–Crippen LogP) is 4.26. The molecule has 1 N–H and O–H groups in total. The first-order valence-corrected chi connectivity index (χ1v) is 6.41. The van der Waals surface area contributed by atoms with Crippen molar-refractivity contribution in [2.24, 2.45) is 10.2 Å². The van der Waals surface area contributed by atoms with Gasteiger partial charge < -0.3 is 5.11 Å². The van der Waals surface area contributed by atoms with Crippen molar-refractivity contribution < 1.29 is 5.11 Å². The van der Waals surface area contributed by atoms with Gasteiger partial charge in [-0.3, -0.25) is 0 Å². The molecule has 1 aromatic carbocycles. The molecule has 3 aromatic rings. The van der Waals surface area contributed by atoms with Gasteiger partial charge >= 0.3 is 0 Å². The minimum Gasteiger partial charge on any atom is -0.507 e. The third kappa shape index (κ3) is 2.92. The van der Waals surface area contributed by atoms with Crippen LogP contribution in [0.25, 0.3) is 11.1 Å². The summed E-state index contributed by atoms with van der Waals surface area (Å²) in [5.41, 5.74) is 1.39. The van der Waals surface area contributed by atoms with Crippen molar-refractivity contribution in [1.29, 1.82) is 0 Å². The molecule has 102 valence electrons. The molecule has 5 heteroatoms. The molecular weight excluding hydrogens is 264 g/mol. The van der Waals surface area contributed by atoms with Gasteiger partial charge in [0.05, 0.1) is 0 Å². The zero-order valence-electron chi connectivity index (χ0n) is 11.1. The van der Waals surface area contributed by atoms with E-state index in [-0.39, 0.29) is 5.75 Å². The lowest BCUT2D eigenvalue weighted by Gasteiger charge is -2.05. The average molecular weight is 276 g/mol. The highest BCUT2D eigenvalue weighted by molar-refractivity contribution is 5.77. The van der Waals surface area contributed by atoms with Gasteiger partial charge in [0.2, 0.25) is 0 Å². The number of aromatic hydroxyl groups is 1. The van der Waals surface area contributed by atoms with E-state index in [1.165, 1.54) is 0 Å². The number of para-hydroxylation sites is 1. The Bertz CT molecular complexity index is 772. The van der Waals surface area contributed by atoms with Crippen LogP contribution in [0.3, 0.4) is 0 Å². The van der Waals surface area contributed by atoms with Crippen LogP contribution in [0, 0.1) is 0 Å². The van der Waals surface area contributed by atoms with Gasteiger partial charge in [-0.25, -0.2) is 9.97 Å². The first-order chi connectivity index (χ1) is 10.3. The SMILES string of the molecule is Oc1ccccc1-c1cccnc1N=Nc1ccccn1. The van der Waals surface area contributed by atoms with Crippen molar-refractivity contribution in [3.63, 3.8) is 0 Å². The molecule has 0 aliphatic carbocycles. The molecule has 21 heavy (non-hydrogen) atoms. The van der Waals surface area contributed by atoms with Crippen LogP contribution in [0.5, 0.6) is 5.75 Å². The molecule has 3 rings (SSSR count). The van der Waals surface area contributed by atoms with Crippen LogP contribution < -0.4 is 0 Å². The Morgan fingerprint density at radius 3 is 2.29 bits per heavy atom. The molecule has 0 fully saturated rings. The predicted molar refractivity (Wildman–Crippen MR) is 79.8 cm³/mol. The second-order valence-corrected chi connectivity index (χ2v) is 4.28. The summed E-state index contributed by atoms with van der Waals surface area (Å²) in [7, 11) is 0. The Hall–Kier alpha value is -3.08. The average Bonchev–Trinajstić information content (AvgIpc) is 2.55. The number of rotatable bonds is 3. The number of azo groups is 1. The molecule has 0 saturated carbocycles. The van der Waals surface area contributed by atoms with E-state index in [1.54, 1.807) is 36.7 Å². The number of pyridine rings is 2. The van der Waals surface area contributed by atoms with Gasteiger partial charge in [0.25, 0.3) is 0 Å². The fourth-order valence-electron chi connectivity index (χ4n) is 1.90. The molecule has 2 aromatic heterocycles. The zero-order chi connectivity index (χ0) is 14.5. The summed E-state index contributed by atoms with van der Waals surface area (Å²) < 4.78 is 0. The lowest BCUT2D eigenvalue weighted by atomic mass is 10.1. The van der Waals surface area contributed by atoms with Gasteiger partial charge in [0, 0.05) is 23.5 Å². The molecule has 0 radical (unpaired) electrons. The zero-order valence-corrected chi connectivity index (χ0v) is 11.1. The van der Waals surface area contributed by atoms with Crippen LogP contribution in [0.1, 0.15) is 0 Å². The summed E-state index contributed by atoms with van der Waals surface area (Å²) in [4.78, 5) is 8.29. The smallest absolute Gasteiger partial charge is 0.182 e. The van der Waals surface area contributed by atoms with Gasteiger partial charge in [-0.05, 0) is 30.3 Å². The standard InChI is InChI=1S/C16H12N4O/c21-14-8-2-1-6-12(14)13-7-5-11-18-16(13)20-19-15-9-3-4-10-17-15/h1-11,21H. The summed E-state index contributed by atoms with van der Waals surface area (Å²) >= 11 is 0. The lowest BCUT2D eigenvalue weighted by molar-refractivity contribution is 0.477. The number of nitrogens with zero attached hydrogens (tertiary/aromatic N) is 4. The summed E-state index contributed by atoms with van der Waals surface area (Å²) in [5.74, 6) is 1.12. The van der Waals surface area contributed by atoms with E-state index in [2.05, 4.69) is 20.2 Å². The first-order valence-electron chi connectivity index (χ1n) is 6.41. The van der Waals surface area contributed by atoms with Gasteiger partial charge in [-0.15, -0.1) is 10.2 Å². The van der Waals surface area contributed by atoms with Crippen LogP contribution in [-0.2, 0) is 0 Å². The van der Waals surface area contributed by atoms with Gasteiger partial charge in [-0.1, -0.05) is 24.3 Å². The molecule has 0 atom stereocenters. The molecule has 0 aliphatic heterocycles. The number of benzene rings is 1. The quantitative estimate of drug-likeness (QED) is 0.726. The topological polar surface area (TPSA) is 70.7 Å². The summed E-state index contributed by atoms with van der Waals surface area (Å²) in [5, 5.41) is 18.2. The first kappa shape index (κ1) is 12.9. The second kappa shape index (κ2) is 5.92. The van der Waals surface area contributed by atoms with Crippen molar-refractivity contribution in [3.8, 4) is 16.9 Å². The third-order valence-electron chi connectivity index (χ3n) is 2.88. The van der Waals surface area contributed by atoms with E-state index in [1.807, 2.05) is 30.3 Å². The monoisotopic (exact) mass is 276 g/mol. The highest BCUT2D eigenvalue weighted by Gasteiger charge is 2.09. The summed E-state index contributed by atoms with van der Waals surface area (Å²) in [6.45, 7) is 0. The molecular formula is C16H12N4O. The van der Waals surface area contributed by atoms with E-state index in [4.69, 9.17) is 0 Å².